The molecule has 1 N–H and O–H groups in total. The van der Waals surface area contributed by atoms with Crippen LogP contribution in [0.1, 0.15) is 25.8 Å². The molecular weight excluding hydrogens is 342 g/mol. The summed E-state index contributed by atoms with van der Waals surface area (Å²) in [5.74, 6) is 0.535. The number of rotatable bonds is 6. The van der Waals surface area contributed by atoms with Gasteiger partial charge in [0.15, 0.2) is 6.10 Å². The molecule has 0 fully saturated rings. The van der Waals surface area contributed by atoms with Crippen LogP contribution in [-0.2, 0) is 11.2 Å². The second-order valence-electron chi connectivity index (χ2n) is 5.15. The van der Waals surface area contributed by atoms with Gasteiger partial charge in [0.05, 0.1) is 0 Å². The van der Waals surface area contributed by atoms with Crippen molar-refractivity contribution in [1.29, 1.82) is 0 Å². The Bertz CT molecular complexity index is 625. The molecule has 0 bridgehead atoms. The molecule has 2 aromatic rings. The lowest BCUT2D eigenvalue weighted by atomic mass is 10.1. The molecule has 116 valence electrons. The van der Waals surface area contributed by atoms with Gasteiger partial charge in [-0.1, -0.05) is 47.5 Å². The maximum Gasteiger partial charge on any atom is 0.265 e. The molecule has 22 heavy (non-hydrogen) atoms. The van der Waals surface area contributed by atoms with Gasteiger partial charge in [0.25, 0.3) is 5.91 Å². The van der Waals surface area contributed by atoms with E-state index >= 15 is 0 Å². The lowest BCUT2D eigenvalue weighted by Crippen LogP contribution is -2.30. The van der Waals surface area contributed by atoms with Gasteiger partial charge in [0.1, 0.15) is 5.75 Å². The molecule has 2 rings (SSSR count). The van der Waals surface area contributed by atoms with Gasteiger partial charge in [0, 0.05) is 10.2 Å². The van der Waals surface area contributed by atoms with Crippen LogP contribution in [-0.4, -0.2) is 12.0 Å². The Morgan fingerprint density at radius 2 is 1.95 bits per heavy atom. The molecule has 1 unspecified atom stereocenters. The van der Waals surface area contributed by atoms with E-state index in [0.29, 0.717) is 5.75 Å². The number of halogens is 1. The summed E-state index contributed by atoms with van der Waals surface area (Å²) < 4.78 is 6.61. The van der Waals surface area contributed by atoms with Crippen LogP contribution in [0.15, 0.2) is 53.0 Å². The van der Waals surface area contributed by atoms with Gasteiger partial charge < -0.3 is 10.1 Å². The van der Waals surface area contributed by atoms with Gasteiger partial charge >= 0.3 is 0 Å². The first-order valence-corrected chi connectivity index (χ1v) is 8.20. The van der Waals surface area contributed by atoms with E-state index in [-0.39, 0.29) is 5.91 Å². The summed E-state index contributed by atoms with van der Waals surface area (Å²) >= 11 is 3.38. The standard InChI is InChI=1S/C18H20BrNO2/c1-3-5-14-8-10-17(11-9-14)22-13(2)18(21)20-16-7-4-6-15(19)12-16/h4,6-13H,3,5H2,1-2H3,(H,20,21). The molecule has 0 radical (unpaired) electrons. The van der Waals surface area contributed by atoms with E-state index in [2.05, 4.69) is 28.2 Å². The summed E-state index contributed by atoms with van der Waals surface area (Å²) in [6, 6.07) is 15.4. The number of ether oxygens (including phenoxy) is 1. The van der Waals surface area contributed by atoms with Gasteiger partial charge in [-0.2, -0.15) is 0 Å². The Kier molecular flexibility index (Phi) is 6.01. The normalized spacial score (nSPS) is 11.8. The molecule has 1 atom stereocenters. The summed E-state index contributed by atoms with van der Waals surface area (Å²) in [6.45, 7) is 3.89. The van der Waals surface area contributed by atoms with Crippen molar-refractivity contribution < 1.29 is 9.53 Å². The molecule has 0 aliphatic heterocycles. The average molecular weight is 362 g/mol. The number of anilines is 1. The predicted octanol–water partition coefficient (Wildman–Crippen LogP) is 4.81. The van der Waals surface area contributed by atoms with Crippen molar-refractivity contribution in [2.75, 3.05) is 5.32 Å². The first-order chi connectivity index (χ1) is 10.6. The smallest absolute Gasteiger partial charge is 0.265 e. The molecule has 0 aromatic heterocycles. The SMILES string of the molecule is CCCc1ccc(OC(C)C(=O)Nc2cccc(Br)c2)cc1. The van der Waals surface area contributed by atoms with Crippen molar-refractivity contribution >= 4 is 27.5 Å². The number of benzene rings is 2. The monoisotopic (exact) mass is 361 g/mol. The molecule has 0 spiro atoms. The van der Waals surface area contributed by atoms with Crippen LogP contribution >= 0.6 is 15.9 Å². The summed E-state index contributed by atoms with van der Waals surface area (Å²) in [5, 5.41) is 2.84. The summed E-state index contributed by atoms with van der Waals surface area (Å²) in [5.41, 5.74) is 2.02. The van der Waals surface area contributed by atoms with Gasteiger partial charge in [-0.05, 0) is 49.2 Å². The number of aryl methyl sites for hydroxylation is 1. The van der Waals surface area contributed by atoms with E-state index in [1.54, 1.807) is 6.92 Å². The van der Waals surface area contributed by atoms with E-state index in [1.165, 1.54) is 5.56 Å². The molecule has 0 aliphatic carbocycles. The van der Waals surface area contributed by atoms with Gasteiger partial charge in [-0.3, -0.25) is 4.79 Å². The molecule has 2 aromatic carbocycles. The fraction of sp³-hybridized carbons (Fsp3) is 0.278. The lowest BCUT2D eigenvalue weighted by Gasteiger charge is -2.15. The van der Waals surface area contributed by atoms with Crippen LogP contribution in [0, 0.1) is 0 Å². The molecular formula is C18H20BrNO2. The van der Waals surface area contributed by atoms with Crippen molar-refractivity contribution in [1.82, 2.24) is 0 Å². The van der Waals surface area contributed by atoms with Crippen molar-refractivity contribution in [2.45, 2.75) is 32.8 Å². The first kappa shape index (κ1) is 16.6. The fourth-order valence-electron chi connectivity index (χ4n) is 2.09. The second kappa shape index (κ2) is 7.99. The average Bonchev–Trinajstić information content (AvgIpc) is 2.49. The Balaban J connectivity index is 1.93. The van der Waals surface area contributed by atoms with E-state index in [0.717, 1.165) is 23.0 Å². The number of carbonyl (C=O) groups excluding carboxylic acids is 1. The van der Waals surface area contributed by atoms with Crippen LogP contribution in [0.4, 0.5) is 5.69 Å². The largest absolute Gasteiger partial charge is 0.481 e. The maximum absolute atomic E-state index is 12.1. The lowest BCUT2D eigenvalue weighted by molar-refractivity contribution is -0.122. The summed E-state index contributed by atoms with van der Waals surface area (Å²) in [4.78, 5) is 12.1. The van der Waals surface area contributed by atoms with Gasteiger partial charge in [0.2, 0.25) is 0 Å². The zero-order chi connectivity index (χ0) is 15.9. The second-order valence-corrected chi connectivity index (χ2v) is 6.07. The van der Waals surface area contributed by atoms with Crippen molar-refractivity contribution in [3.05, 3.63) is 58.6 Å². The topological polar surface area (TPSA) is 38.3 Å². The van der Waals surface area contributed by atoms with Crippen molar-refractivity contribution in [3.63, 3.8) is 0 Å². The van der Waals surface area contributed by atoms with E-state index in [9.17, 15) is 4.79 Å². The number of amides is 1. The van der Waals surface area contributed by atoms with E-state index < -0.39 is 6.10 Å². The third-order valence-corrected chi connectivity index (χ3v) is 3.73. The minimum absolute atomic E-state index is 0.171. The first-order valence-electron chi connectivity index (χ1n) is 7.40. The third kappa shape index (κ3) is 4.88. The number of hydrogen-bond acceptors (Lipinski definition) is 2. The maximum atomic E-state index is 12.1. The summed E-state index contributed by atoms with van der Waals surface area (Å²) in [6.07, 6.45) is 1.61. The van der Waals surface area contributed by atoms with Crippen molar-refractivity contribution in [2.24, 2.45) is 0 Å². The quantitative estimate of drug-likeness (QED) is 0.801. The molecule has 0 saturated carbocycles. The Morgan fingerprint density at radius 3 is 2.59 bits per heavy atom. The number of hydrogen-bond donors (Lipinski definition) is 1. The van der Waals surface area contributed by atoms with Crippen molar-refractivity contribution in [3.8, 4) is 5.75 Å². The van der Waals surface area contributed by atoms with E-state index in [4.69, 9.17) is 4.74 Å². The predicted molar refractivity (Wildman–Crippen MR) is 93.3 cm³/mol. The van der Waals surface area contributed by atoms with Crippen LogP contribution in [0.25, 0.3) is 0 Å². The highest BCUT2D eigenvalue weighted by atomic mass is 79.9. The van der Waals surface area contributed by atoms with Crippen LogP contribution in [0.2, 0.25) is 0 Å². The molecule has 3 nitrogen and oxygen atoms in total. The highest BCUT2D eigenvalue weighted by Crippen LogP contribution is 2.18. The Hall–Kier alpha value is -1.81. The van der Waals surface area contributed by atoms with Crippen LogP contribution < -0.4 is 10.1 Å². The Labute approximate surface area is 139 Å². The van der Waals surface area contributed by atoms with Crippen LogP contribution in [0.5, 0.6) is 5.75 Å². The summed E-state index contributed by atoms with van der Waals surface area (Å²) in [7, 11) is 0. The molecule has 0 heterocycles. The molecule has 4 heteroatoms. The molecule has 0 saturated heterocycles. The zero-order valence-electron chi connectivity index (χ0n) is 12.8. The zero-order valence-corrected chi connectivity index (χ0v) is 14.4. The molecule has 1 amide bonds. The van der Waals surface area contributed by atoms with E-state index in [1.807, 2.05) is 48.5 Å². The minimum Gasteiger partial charge on any atom is -0.481 e. The van der Waals surface area contributed by atoms with Gasteiger partial charge in [-0.15, -0.1) is 0 Å². The number of nitrogens with one attached hydrogen (secondary N) is 1. The van der Waals surface area contributed by atoms with Gasteiger partial charge in [-0.25, -0.2) is 0 Å². The Morgan fingerprint density at radius 1 is 1.23 bits per heavy atom. The molecule has 0 aliphatic rings. The highest BCUT2D eigenvalue weighted by Gasteiger charge is 2.14. The highest BCUT2D eigenvalue weighted by molar-refractivity contribution is 9.10. The minimum atomic E-state index is -0.559. The fourth-order valence-corrected chi connectivity index (χ4v) is 2.49. The van der Waals surface area contributed by atoms with Crippen LogP contribution in [0.3, 0.4) is 0 Å². The number of carbonyl (C=O) groups is 1. The third-order valence-electron chi connectivity index (χ3n) is 3.24.